The predicted molar refractivity (Wildman–Crippen MR) is 102 cm³/mol. The van der Waals surface area contributed by atoms with E-state index < -0.39 is 20.0 Å². The summed E-state index contributed by atoms with van der Waals surface area (Å²) in [6, 6.07) is 11.3. The third kappa shape index (κ3) is 3.59. The summed E-state index contributed by atoms with van der Waals surface area (Å²) < 4.78 is 52.7. The summed E-state index contributed by atoms with van der Waals surface area (Å²) in [7, 11) is -4.22. The van der Waals surface area contributed by atoms with Crippen molar-refractivity contribution < 1.29 is 16.8 Å². The molecule has 0 atom stereocenters. The van der Waals surface area contributed by atoms with Crippen LogP contribution < -0.4 is 4.31 Å². The molecule has 0 bridgehead atoms. The molecule has 0 spiro atoms. The van der Waals surface area contributed by atoms with Crippen LogP contribution in [-0.2, 0) is 32.2 Å². The fraction of sp³-hybridized carbons (Fsp3) is 0.294. The Balaban J connectivity index is 1.92. The van der Waals surface area contributed by atoms with Gasteiger partial charge in [0.1, 0.15) is 0 Å². The second-order valence-electron chi connectivity index (χ2n) is 6.29. The lowest BCUT2D eigenvalue weighted by atomic mass is 10.2. The van der Waals surface area contributed by atoms with Gasteiger partial charge >= 0.3 is 0 Å². The monoisotopic (exact) mass is 414 g/mol. The molecule has 0 aliphatic carbocycles. The molecule has 2 aromatic rings. The van der Waals surface area contributed by atoms with Gasteiger partial charge in [-0.3, -0.25) is 4.31 Å². The van der Waals surface area contributed by atoms with Crippen LogP contribution in [0.3, 0.4) is 0 Å². The molecule has 0 saturated carbocycles. The van der Waals surface area contributed by atoms with E-state index in [9.17, 15) is 16.8 Å². The van der Waals surface area contributed by atoms with Crippen molar-refractivity contribution in [2.24, 2.45) is 0 Å². The predicted octanol–water partition coefficient (Wildman–Crippen LogP) is 2.48. The number of nitrogens with zero attached hydrogens (tertiary/aromatic N) is 2. The Bertz CT molecular complexity index is 1050. The summed E-state index contributed by atoms with van der Waals surface area (Å²) in [5.41, 5.74) is 1.85. The minimum absolute atomic E-state index is 0.162. The van der Waals surface area contributed by atoms with Crippen LogP contribution in [0, 0.1) is 0 Å². The van der Waals surface area contributed by atoms with E-state index in [1.807, 2.05) is 0 Å². The van der Waals surface area contributed by atoms with Crippen molar-refractivity contribution in [2.45, 2.75) is 17.1 Å². The Hall–Kier alpha value is -1.61. The van der Waals surface area contributed by atoms with Gasteiger partial charge in [0.05, 0.1) is 16.3 Å². The Morgan fingerprint density at radius 2 is 1.81 bits per heavy atom. The number of benzene rings is 2. The Kier molecular flexibility index (Phi) is 5.04. The molecule has 26 heavy (non-hydrogen) atoms. The molecule has 0 amide bonds. The molecule has 3 rings (SSSR count). The Morgan fingerprint density at radius 3 is 2.46 bits per heavy atom. The van der Waals surface area contributed by atoms with Crippen LogP contribution in [-0.4, -0.2) is 41.8 Å². The number of hydrogen-bond acceptors (Lipinski definition) is 4. The van der Waals surface area contributed by atoms with Crippen LogP contribution >= 0.6 is 11.6 Å². The molecule has 0 fully saturated rings. The SMILES string of the molecule is CN(C)S(=O)(=O)c1ccc2c(c1)CCN2S(=O)(=O)Cc1cccc(Cl)c1. The highest BCUT2D eigenvalue weighted by atomic mass is 35.5. The van der Waals surface area contributed by atoms with Crippen LogP contribution in [0.4, 0.5) is 5.69 Å². The average Bonchev–Trinajstić information content (AvgIpc) is 2.98. The van der Waals surface area contributed by atoms with E-state index >= 15 is 0 Å². The molecule has 1 aliphatic heterocycles. The van der Waals surface area contributed by atoms with Crippen molar-refractivity contribution in [2.75, 3.05) is 24.9 Å². The molecule has 6 nitrogen and oxygen atoms in total. The maximum absolute atomic E-state index is 12.8. The first-order chi connectivity index (χ1) is 12.1. The van der Waals surface area contributed by atoms with E-state index in [2.05, 4.69) is 0 Å². The van der Waals surface area contributed by atoms with Gasteiger partial charge in [0, 0.05) is 25.7 Å². The molecule has 0 radical (unpaired) electrons. The number of rotatable bonds is 5. The quantitative estimate of drug-likeness (QED) is 0.753. The minimum atomic E-state index is -3.59. The zero-order valence-electron chi connectivity index (χ0n) is 14.4. The topological polar surface area (TPSA) is 74.8 Å². The summed E-state index contributed by atoms with van der Waals surface area (Å²) in [6.07, 6.45) is 0.473. The summed E-state index contributed by atoms with van der Waals surface area (Å²) >= 11 is 5.93. The van der Waals surface area contributed by atoms with Gasteiger partial charge in [-0.1, -0.05) is 23.7 Å². The summed E-state index contributed by atoms with van der Waals surface area (Å²) in [5.74, 6) is -0.162. The number of fused-ring (bicyclic) bond motifs is 1. The van der Waals surface area contributed by atoms with Crippen molar-refractivity contribution >= 4 is 37.3 Å². The lowest BCUT2D eigenvalue weighted by Gasteiger charge is -2.20. The maximum Gasteiger partial charge on any atom is 0.242 e. The van der Waals surface area contributed by atoms with E-state index in [0.29, 0.717) is 34.8 Å². The molecule has 140 valence electrons. The fourth-order valence-electron chi connectivity index (χ4n) is 2.92. The normalized spacial score (nSPS) is 14.7. The Morgan fingerprint density at radius 1 is 1.08 bits per heavy atom. The van der Waals surface area contributed by atoms with Crippen molar-refractivity contribution in [1.82, 2.24) is 4.31 Å². The molecule has 0 saturated heterocycles. The molecule has 1 aliphatic rings. The number of sulfonamides is 2. The van der Waals surface area contributed by atoms with Gasteiger partial charge in [-0.2, -0.15) is 0 Å². The minimum Gasteiger partial charge on any atom is -0.269 e. The van der Waals surface area contributed by atoms with E-state index in [-0.39, 0.29) is 10.6 Å². The largest absolute Gasteiger partial charge is 0.269 e. The standard InChI is InChI=1S/C17H19ClN2O4S2/c1-19(2)26(23,24)16-6-7-17-14(11-16)8-9-20(17)25(21,22)12-13-4-3-5-15(18)10-13/h3-7,10-11H,8-9,12H2,1-2H3. The molecule has 0 aromatic heterocycles. The van der Waals surface area contributed by atoms with Crippen molar-refractivity contribution in [3.05, 3.63) is 58.6 Å². The molecule has 1 heterocycles. The number of anilines is 1. The van der Waals surface area contributed by atoms with E-state index in [1.54, 1.807) is 36.4 Å². The zero-order chi connectivity index (χ0) is 19.1. The van der Waals surface area contributed by atoms with Gasteiger partial charge in [-0.05, 0) is 47.9 Å². The van der Waals surface area contributed by atoms with E-state index in [4.69, 9.17) is 11.6 Å². The fourth-order valence-corrected chi connectivity index (χ4v) is 5.69. The molecular formula is C17H19ClN2O4S2. The lowest BCUT2D eigenvalue weighted by Crippen LogP contribution is -2.30. The first kappa shape index (κ1) is 19.2. The Labute approximate surface area is 159 Å². The van der Waals surface area contributed by atoms with Crippen LogP contribution in [0.25, 0.3) is 0 Å². The zero-order valence-corrected chi connectivity index (χ0v) is 16.8. The second-order valence-corrected chi connectivity index (χ2v) is 10.8. The highest BCUT2D eigenvalue weighted by Crippen LogP contribution is 2.33. The van der Waals surface area contributed by atoms with Crippen molar-refractivity contribution in [3.63, 3.8) is 0 Å². The van der Waals surface area contributed by atoms with E-state index in [0.717, 1.165) is 4.31 Å². The first-order valence-corrected chi connectivity index (χ1v) is 11.3. The summed E-state index contributed by atoms with van der Waals surface area (Å²) in [4.78, 5) is 0.162. The van der Waals surface area contributed by atoms with Crippen LogP contribution in [0.15, 0.2) is 47.4 Å². The van der Waals surface area contributed by atoms with Crippen molar-refractivity contribution in [3.8, 4) is 0 Å². The van der Waals surface area contributed by atoms with Gasteiger partial charge in [0.2, 0.25) is 20.0 Å². The van der Waals surface area contributed by atoms with Gasteiger partial charge in [-0.25, -0.2) is 21.1 Å². The molecule has 0 unspecified atom stereocenters. The number of hydrogen-bond donors (Lipinski definition) is 0. The summed E-state index contributed by atoms with van der Waals surface area (Å²) in [6.45, 7) is 0.295. The van der Waals surface area contributed by atoms with Gasteiger partial charge in [-0.15, -0.1) is 0 Å². The second kappa shape index (κ2) is 6.84. The third-order valence-electron chi connectivity index (χ3n) is 4.26. The number of halogens is 1. The first-order valence-electron chi connectivity index (χ1n) is 7.91. The molecular weight excluding hydrogens is 396 g/mol. The molecule has 9 heteroatoms. The third-order valence-corrected chi connectivity index (χ3v) is 8.05. The molecule has 2 aromatic carbocycles. The van der Waals surface area contributed by atoms with Crippen molar-refractivity contribution in [1.29, 1.82) is 0 Å². The highest BCUT2D eigenvalue weighted by Gasteiger charge is 2.31. The van der Waals surface area contributed by atoms with Crippen LogP contribution in [0.5, 0.6) is 0 Å². The van der Waals surface area contributed by atoms with Gasteiger partial charge in [0.25, 0.3) is 0 Å². The summed E-state index contributed by atoms with van der Waals surface area (Å²) in [5, 5.41) is 0.484. The smallest absolute Gasteiger partial charge is 0.242 e. The highest BCUT2D eigenvalue weighted by molar-refractivity contribution is 7.92. The molecule has 0 N–H and O–H groups in total. The maximum atomic E-state index is 12.8. The van der Waals surface area contributed by atoms with Crippen LogP contribution in [0.1, 0.15) is 11.1 Å². The average molecular weight is 415 g/mol. The lowest BCUT2D eigenvalue weighted by molar-refractivity contribution is 0.520. The van der Waals surface area contributed by atoms with Gasteiger partial charge in [0.15, 0.2) is 0 Å². The van der Waals surface area contributed by atoms with Crippen LogP contribution in [0.2, 0.25) is 5.02 Å². The van der Waals surface area contributed by atoms with E-state index in [1.165, 1.54) is 24.5 Å². The van der Waals surface area contributed by atoms with Gasteiger partial charge < -0.3 is 0 Å².